The lowest BCUT2D eigenvalue weighted by Crippen LogP contribution is -1.99. The van der Waals surface area contributed by atoms with Gasteiger partial charge in [0.05, 0.1) is 4.47 Å². The molecule has 1 N–H and O–H groups in total. The fourth-order valence-electron chi connectivity index (χ4n) is 0.710. The molecule has 0 saturated heterocycles. The first-order valence-corrected chi connectivity index (χ1v) is 4.47. The summed E-state index contributed by atoms with van der Waals surface area (Å²) in [6, 6.07) is 3.61. The third-order valence-corrected chi connectivity index (χ3v) is 2.01. The van der Waals surface area contributed by atoms with Crippen molar-refractivity contribution in [3.05, 3.63) is 21.8 Å². The van der Waals surface area contributed by atoms with Gasteiger partial charge in [-0.05, 0) is 35.0 Å². The number of nitrogens with one attached hydrogen (secondary N) is 1. The number of halogens is 2. The number of hydrogen-bond donors (Lipinski definition) is 1. The van der Waals surface area contributed by atoms with Crippen LogP contribution in [0.1, 0.15) is 6.92 Å². The summed E-state index contributed by atoms with van der Waals surface area (Å²) >= 11 is 9.03. The molecule has 0 aromatic carbocycles. The standard InChI is InChI=1S/C7H8BrClN2/c1-2-10-7-5(8)3-4-6(9)11-7/h3-4H,2H2,1H3,(H,10,11). The fourth-order valence-corrected chi connectivity index (χ4v) is 1.22. The van der Waals surface area contributed by atoms with E-state index in [1.165, 1.54) is 0 Å². The average molecular weight is 236 g/mol. The van der Waals surface area contributed by atoms with Gasteiger partial charge in [-0.1, -0.05) is 11.6 Å². The van der Waals surface area contributed by atoms with Gasteiger partial charge in [0.1, 0.15) is 11.0 Å². The zero-order valence-electron chi connectivity index (χ0n) is 6.06. The summed E-state index contributed by atoms with van der Waals surface area (Å²) in [5.41, 5.74) is 0. The molecule has 1 aromatic heterocycles. The van der Waals surface area contributed by atoms with Crippen LogP contribution in [0, 0.1) is 0 Å². The predicted octanol–water partition coefficient (Wildman–Crippen LogP) is 2.93. The lowest BCUT2D eigenvalue weighted by molar-refractivity contribution is 1.15. The summed E-state index contributed by atoms with van der Waals surface area (Å²) in [6.07, 6.45) is 0. The normalized spacial score (nSPS) is 9.73. The van der Waals surface area contributed by atoms with Crippen LogP contribution < -0.4 is 5.32 Å². The highest BCUT2D eigenvalue weighted by molar-refractivity contribution is 9.10. The zero-order chi connectivity index (χ0) is 8.27. The maximum Gasteiger partial charge on any atom is 0.142 e. The van der Waals surface area contributed by atoms with Gasteiger partial charge >= 0.3 is 0 Å². The molecule has 0 radical (unpaired) electrons. The second kappa shape index (κ2) is 3.93. The molecular weight excluding hydrogens is 227 g/mol. The Labute approximate surface area is 79.1 Å². The molecule has 0 saturated carbocycles. The van der Waals surface area contributed by atoms with Gasteiger partial charge in [0.25, 0.3) is 0 Å². The first-order valence-electron chi connectivity index (χ1n) is 3.30. The first kappa shape index (κ1) is 8.81. The van der Waals surface area contributed by atoms with E-state index in [9.17, 15) is 0 Å². The van der Waals surface area contributed by atoms with Crippen LogP contribution >= 0.6 is 27.5 Å². The van der Waals surface area contributed by atoms with E-state index in [4.69, 9.17) is 11.6 Å². The molecule has 0 atom stereocenters. The van der Waals surface area contributed by atoms with Gasteiger partial charge in [-0.25, -0.2) is 4.98 Å². The van der Waals surface area contributed by atoms with Crippen LogP contribution in [0.4, 0.5) is 5.82 Å². The molecule has 0 aliphatic carbocycles. The lowest BCUT2D eigenvalue weighted by Gasteiger charge is -2.03. The Morgan fingerprint density at radius 3 is 3.00 bits per heavy atom. The summed E-state index contributed by atoms with van der Waals surface area (Å²) in [5, 5.41) is 3.58. The summed E-state index contributed by atoms with van der Waals surface area (Å²) < 4.78 is 0.934. The van der Waals surface area contributed by atoms with Crippen LogP contribution in [0.5, 0.6) is 0 Å². The molecule has 0 unspecified atom stereocenters. The Morgan fingerprint density at radius 2 is 2.36 bits per heavy atom. The molecule has 11 heavy (non-hydrogen) atoms. The van der Waals surface area contributed by atoms with Gasteiger partial charge in [0.2, 0.25) is 0 Å². The van der Waals surface area contributed by atoms with Crippen molar-refractivity contribution >= 4 is 33.3 Å². The molecule has 0 bridgehead atoms. The van der Waals surface area contributed by atoms with Crippen LogP contribution in [0.25, 0.3) is 0 Å². The highest BCUT2D eigenvalue weighted by atomic mass is 79.9. The van der Waals surface area contributed by atoms with Crippen molar-refractivity contribution in [2.24, 2.45) is 0 Å². The highest BCUT2D eigenvalue weighted by Crippen LogP contribution is 2.21. The molecule has 0 amide bonds. The van der Waals surface area contributed by atoms with Crippen molar-refractivity contribution in [1.29, 1.82) is 0 Å². The van der Waals surface area contributed by atoms with Gasteiger partial charge in [-0.15, -0.1) is 0 Å². The maximum absolute atomic E-state index is 5.68. The van der Waals surface area contributed by atoms with Gasteiger partial charge in [-0.3, -0.25) is 0 Å². The monoisotopic (exact) mass is 234 g/mol. The Kier molecular flexibility index (Phi) is 3.15. The van der Waals surface area contributed by atoms with Crippen molar-refractivity contribution in [3.8, 4) is 0 Å². The van der Waals surface area contributed by atoms with E-state index in [0.29, 0.717) is 5.15 Å². The third-order valence-electron chi connectivity index (χ3n) is 1.16. The number of aromatic nitrogens is 1. The summed E-state index contributed by atoms with van der Waals surface area (Å²) in [4.78, 5) is 4.07. The number of pyridine rings is 1. The van der Waals surface area contributed by atoms with Crippen molar-refractivity contribution in [2.75, 3.05) is 11.9 Å². The molecule has 1 aromatic rings. The van der Waals surface area contributed by atoms with Gasteiger partial charge in [0, 0.05) is 6.54 Å². The molecule has 0 aliphatic rings. The van der Waals surface area contributed by atoms with Crippen LogP contribution in [0.3, 0.4) is 0 Å². The molecule has 4 heteroatoms. The molecule has 2 nitrogen and oxygen atoms in total. The minimum Gasteiger partial charge on any atom is -0.369 e. The van der Waals surface area contributed by atoms with E-state index in [0.717, 1.165) is 16.8 Å². The smallest absolute Gasteiger partial charge is 0.142 e. The first-order chi connectivity index (χ1) is 5.24. The number of nitrogens with zero attached hydrogens (tertiary/aromatic N) is 1. The van der Waals surface area contributed by atoms with E-state index >= 15 is 0 Å². The number of anilines is 1. The second-order valence-electron chi connectivity index (χ2n) is 1.99. The van der Waals surface area contributed by atoms with E-state index in [-0.39, 0.29) is 0 Å². The number of rotatable bonds is 2. The van der Waals surface area contributed by atoms with E-state index < -0.39 is 0 Å². The topological polar surface area (TPSA) is 24.9 Å². The fraction of sp³-hybridized carbons (Fsp3) is 0.286. The van der Waals surface area contributed by atoms with Crippen LogP contribution in [0.15, 0.2) is 16.6 Å². The minimum absolute atomic E-state index is 0.504. The summed E-state index contributed by atoms with van der Waals surface area (Å²) in [7, 11) is 0. The maximum atomic E-state index is 5.68. The van der Waals surface area contributed by atoms with E-state index in [1.54, 1.807) is 6.07 Å². The van der Waals surface area contributed by atoms with Crippen molar-refractivity contribution < 1.29 is 0 Å². The summed E-state index contributed by atoms with van der Waals surface area (Å²) in [5.74, 6) is 0.792. The van der Waals surface area contributed by atoms with Gasteiger partial charge in [0.15, 0.2) is 0 Å². The minimum atomic E-state index is 0.504. The quantitative estimate of drug-likeness (QED) is 0.797. The predicted molar refractivity (Wildman–Crippen MR) is 51.1 cm³/mol. The molecule has 0 spiro atoms. The van der Waals surface area contributed by atoms with Crippen LogP contribution in [0.2, 0.25) is 5.15 Å². The summed E-state index contributed by atoms with van der Waals surface area (Å²) in [6.45, 7) is 2.85. The molecule has 1 rings (SSSR count). The Bertz CT molecular complexity index is 252. The SMILES string of the molecule is CCNc1nc(Cl)ccc1Br. The van der Waals surface area contributed by atoms with Crippen molar-refractivity contribution in [3.63, 3.8) is 0 Å². The van der Waals surface area contributed by atoms with Crippen molar-refractivity contribution in [1.82, 2.24) is 4.98 Å². The molecule has 1 heterocycles. The van der Waals surface area contributed by atoms with E-state index in [2.05, 4.69) is 26.2 Å². The second-order valence-corrected chi connectivity index (χ2v) is 3.24. The third kappa shape index (κ3) is 2.34. The molecule has 0 aliphatic heterocycles. The largest absolute Gasteiger partial charge is 0.369 e. The Morgan fingerprint density at radius 1 is 1.64 bits per heavy atom. The highest BCUT2D eigenvalue weighted by Gasteiger charge is 1.99. The van der Waals surface area contributed by atoms with Gasteiger partial charge in [-0.2, -0.15) is 0 Å². The van der Waals surface area contributed by atoms with Crippen molar-refractivity contribution in [2.45, 2.75) is 6.92 Å². The Balaban J connectivity index is 2.93. The molecule has 0 fully saturated rings. The number of hydrogen-bond acceptors (Lipinski definition) is 2. The van der Waals surface area contributed by atoms with Gasteiger partial charge < -0.3 is 5.32 Å². The molecular formula is C7H8BrClN2. The average Bonchev–Trinajstić information content (AvgIpc) is 1.98. The zero-order valence-corrected chi connectivity index (χ0v) is 8.41. The van der Waals surface area contributed by atoms with Crippen LogP contribution in [-0.2, 0) is 0 Å². The Hall–Kier alpha value is -0.280. The molecule has 60 valence electrons. The van der Waals surface area contributed by atoms with Crippen LogP contribution in [-0.4, -0.2) is 11.5 Å². The van der Waals surface area contributed by atoms with E-state index in [1.807, 2.05) is 13.0 Å². The lowest BCUT2D eigenvalue weighted by atomic mass is 10.4.